The van der Waals surface area contributed by atoms with Gasteiger partial charge >= 0.3 is 0 Å². The molecule has 2 amide bonds. The molecule has 2 aromatic heterocycles. The minimum absolute atomic E-state index is 0.287. The van der Waals surface area contributed by atoms with E-state index in [1.165, 1.54) is 0 Å². The molecule has 2 heterocycles. The Morgan fingerprint density at radius 1 is 1.24 bits per heavy atom. The lowest BCUT2D eigenvalue weighted by Gasteiger charge is -2.13. The molecular formula is C24H22ClN5O4. The lowest BCUT2D eigenvalue weighted by atomic mass is 10.1. The van der Waals surface area contributed by atoms with Gasteiger partial charge in [0.15, 0.2) is 0 Å². The maximum absolute atomic E-state index is 12.4. The van der Waals surface area contributed by atoms with Crippen LogP contribution in [0.4, 0.5) is 0 Å². The van der Waals surface area contributed by atoms with Gasteiger partial charge in [-0.2, -0.15) is 4.98 Å². The number of hydrogen-bond donors (Lipinski definition) is 2. The third-order valence-electron chi connectivity index (χ3n) is 6.16. The second kappa shape index (κ2) is 8.18. The van der Waals surface area contributed by atoms with Crippen LogP contribution in [0.1, 0.15) is 24.3 Å². The molecule has 1 saturated carbocycles. The van der Waals surface area contributed by atoms with Crippen molar-refractivity contribution in [2.75, 3.05) is 7.11 Å². The van der Waals surface area contributed by atoms with E-state index in [1.807, 2.05) is 47.0 Å². The maximum Gasteiger partial charge on any atom is 0.235 e. The van der Waals surface area contributed by atoms with Gasteiger partial charge < -0.3 is 24.9 Å². The van der Waals surface area contributed by atoms with E-state index in [2.05, 4.69) is 15.5 Å². The monoisotopic (exact) mass is 479 g/mol. The molecule has 3 N–H and O–H groups in total. The van der Waals surface area contributed by atoms with Crippen LogP contribution in [0.15, 0.2) is 47.0 Å². The highest BCUT2D eigenvalue weighted by Gasteiger charge is 2.55. The summed E-state index contributed by atoms with van der Waals surface area (Å²) in [6.07, 6.45) is 0.995. The van der Waals surface area contributed by atoms with E-state index in [1.54, 1.807) is 14.0 Å². The molecule has 10 heteroatoms. The van der Waals surface area contributed by atoms with Gasteiger partial charge in [0, 0.05) is 24.5 Å². The molecule has 2 aromatic carbocycles. The number of rotatable bonds is 7. The number of methoxy groups -OCH3 is 1. The van der Waals surface area contributed by atoms with Crippen molar-refractivity contribution in [2.45, 2.75) is 26.3 Å². The van der Waals surface area contributed by atoms with Gasteiger partial charge in [0.2, 0.25) is 23.5 Å². The van der Waals surface area contributed by atoms with E-state index >= 15 is 0 Å². The Balaban J connectivity index is 1.50. The highest BCUT2D eigenvalue weighted by molar-refractivity contribution is 6.38. The lowest BCUT2D eigenvalue weighted by Crippen LogP contribution is -2.40. The molecule has 1 fully saturated rings. The van der Waals surface area contributed by atoms with E-state index in [9.17, 15) is 9.59 Å². The summed E-state index contributed by atoms with van der Waals surface area (Å²) in [7, 11) is 1.60. The summed E-state index contributed by atoms with van der Waals surface area (Å²) in [5.74, 6) is 0.581. The molecule has 0 aliphatic heterocycles. The predicted molar refractivity (Wildman–Crippen MR) is 126 cm³/mol. The first-order chi connectivity index (χ1) is 16.3. The molecular weight excluding hydrogens is 458 g/mol. The summed E-state index contributed by atoms with van der Waals surface area (Å²) in [5, 5.41) is 8.15. The van der Waals surface area contributed by atoms with Gasteiger partial charge in [-0.3, -0.25) is 9.59 Å². The number of halogens is 1. The second-order valence-corrected chi connectivity index (χ2v) is 8.69. The van der Waals surface area contributed by atoms with Crippen LogP contribution in [0.2, 0.25) is 5.02 Å². The SMILES string of the molecule is COc1ccc2c(c1)c(Cl)c(-c1noc(C)n1)n2-c1ccc(CNC(=O)C2(C(N)=O)CC2)cc1. The first-order valence-corrected chi connectivity index (χ1v) is 11.1. The van der Waals surface area contributed by atoms with Gasteiger partial charge in [-0.25, -0.2) is 0 Å². The molecule has 1 aliphatic carbocycles. The number of aryl methyl sites for hydroxylation is 1. The molecule has 0 spiro atoms. The van der Waals surface area contributed by atoms with Crippen LogP contribution in [0, 0.1) is 12.3 Å². The number of fused-ring (bicyclic) bond motifs is 1. The number of amides is 2. The quantitative estimate of drug-likeness (QED) is 0.390. The van der Waals surface area contributed by atoms with Crippen LogP contribution >= 0.6 is 11.6 Å². The maximum atomic E-state index is 12.4. The second-order valence-electron chi connectivity index (χ2n) is 8.31. The van der Waals surface area contributed by atoms with Crippen molar-refractivity contribution in [1.29, 1.82) is 0 Å². The van der Waals surface area contributed by atoms with Crippen LogP contribution in [0.25, 0.3) is 28.1 Å². The first-order valence-electron chi connectivity index (χ1n) is 10.7. The molecule has 0 atom stereocenters. The van der Waals surface area contributed by atoms with E-state index in [4.69, 9.17) is 26.6 Å². The van der Waals surface area contributed by atoms with Crippen LogP contribution in [-0.4, -0.2) is 33.6 Å². The normalized spacial score (nSPS) is 14.2. The van der Waals surface area contributed by atoms with E-state index < -0.39 is 11.3 Å². The van der Waals surface area contributed by atoms with E-state index in [-0.39, 0.29) is 12.5 Å². The fourth-order valence-corrected chi connectivity index (χ4v) is 4.37. The highest BCUT2D eigenvalue weighted by Crippen LogP contribution is 2.45. The fraction of sp³-hybridized carbons (Fsp3) is 0.250. The van der Waals surface area contributed by atoms with Crippen LogP contribution < -0.4 is 15.8 Å². The number of carbonyl (C=O) groups is 2. The number of nitrogens with one attached hydrogen (secondary N) is 1. The Kier molecular flexibility index (Phi) is 5.28. The van der Waals surface area contributed by atoms with Crippen LogP contribution in [0.3, 0.4) is 0 Å². The van der Waals surface area contributed by atoms with E-state index in [0.717, 1.165) is 22.2 Å². The number of ether oxygens (including phenoxy) is 1. The van der Waals surface area contributed by atoms with Crippen molar-refractivity contribution in [3.8, 4) is 23.0 Å². The van der Waals surface area contributed by atoms with Gasteiger partial charge in [-0.05, 0) is 48.7 Å². The third-order valence-corrected chi connectivity index (χ3v) is 6.54. The summed E-state index contributed by atoms with van der Waals surface area (Å²) in [6, 6.07) is 13.3. The Hall–Kier alpha value is -3.85. The third kappa shape index (κ3) is 3.58. The molecule has 174 valence electrons. The van der Waals surface area contributed by atoms with Gasteiger partial charge in [-0.15, -0.1) is 0 Å². The Morgan fingerprint density at radius 2 is 1.97 bits per heavy atom. The summed E-state index contributed by atoms with van der Waals surface area (Å²) >= 11 is 6.79. The number of benzene rings is 2. The lowest BCUT2D eigenvalue weighted by molar-refractivity contribution is -0.135. The Bertz CT molecular complexity index is 1420. The van der Waals surface area contributed by atoms with Crippen molar-refractivity contribution in [3.05, 3.63) is 58.9 Å². The van der Waals surface area contributed by atoms with Crippen molar-refractivity contribution < 1.29 is 18.8 Å². The topological polar surface area (TPSA) is 125 Å². The highest BCUT2D eigenvalue weighted by atomic mass is 35.5. The summed E-state index contributed by atoms with van der Waals surface area (Å²) in [6.45, 7) is 2.00. The van der Waals surface area contributed by atoms with Crippen LogP contribution in [-0.2, 0) is 16.1 Å². The minimum Gasteiger partial charge on any atom is -0.497 e. The smallest absolute Gasteiger partial charge is 0.235 e. The standard InChI is InChI=1S/C24H22ClN5O4/c1-13-28-21(29-34-13)20-19(25)17-11-16(33-2)7-8-18(17)30(20)15-5-3-14(4-6-15)12-27-23(32)24(9-10-24)22(26)31/h3-8,11H,9-10,12H2,1-2H3,(H2,26,31)(H,27,32). The summed E-state index contributed by atoms with van der Waals surface area (Å²) < 4.78 is 12.5. The van der Waals surface area contributed by atoms with Crippen molar-refractivity contribution in [1.82, 2.24) is 20.0 Å². The molecule has 5 rings (SSSR count). The number of carbonyl (C=O) groups excluding carboxylic acids is 2. The zero-order chi connectivity index (χ0) is 24.0. The summed E-state index contributed by atoms with van der Waals surface area (Å²) in [5.41, 5.74) is 7.48. The van der Waals surface area contributed by atoms with Gasteiger partial charge in [-0.1, -0.05) is 28.9 Å². The minimum atomic E-state index is -1.04. The molecule has 0 radical (unpaired) electrons. The van der Waals surface area contributed by atoms with Crippen molar-refractivity contribution in [3.63, 3.8) is 0 Å². The predicted octanol–water partition coefficient (Wildman–Crippen LogP) is 3.53. The fourth-order valence-electron chi connectivity index (χ4n) is 4.05. The molecule has 34 heavy (non-hydrogen) atoms. The zero-order valence-corrected chi connectivity index (χ0v) is 19.3. The molecule has 9 nitrogen and oxygen atoms in total. The number of primary amides is 1. The van der Waals surface area contributed by atoms with Crippen molar-refractivity contribution in [2.24, 2.45) is 11.1 Å². The largest absolute Gasteiger partial charge is 0.497 e. The Morgan fingerprint density at radius 3 is 2.56 bits per heavy atom. The number of nitrogens with two attached hydrogens (primary N) is 1. The number of nitrogens with zero attached hydrogens (tertiary/aromatic N) is 3. The number of hydrogen-bond acceptors (Lipinski definition) is 6. The molecule has 4 aromatic rings. The van der Waals surface area contributed by atoms with Crippen molar-refractivity contribution >= 4 is 34.3 Å². The molecule has 0 bridgehead atoms. The zero-order valence-electron chi connectivity index (χ0n) is 18.6. The molecule has 0 saturated heterocycles. The van der Waals surface area contributed by atoms with Gasteiger partial charge in [0.1, 0.15) is 16.9 Å². The van der Waals surface area contributed by atoms with Gasteiger partial charge in [0.05, 0.1) is 17.6 Å². The van der Waals surface area contributed by atoms with E-state index in [0.29, 0.717) is 41.0 Å². The number of aromatic nitrogens is 3. The molecule has 1 aliphatic rings. The summed E-state index contributed by atoms with van der Waals surface area (Å²) in [4.78, 5) is 28.3. The average Bonchev–Trinajstić information content (AvgIpc) is 3.48. The first kappa shape index (κ1) is 22.0. The molecule has 0 unspecified atom stereocenters. The Labute approximate surface area is 199 Å². The van der Waals surface area contributed by atoms with Gasteiger partial charge in [0.25, 0.3) is 0 Å². The average molecular weight is 480 g/mol. The van der Waals surface area contributed by atoms with Crippen LogP contribution in [0.5, 0.6) is 5.75 Å².